The predicted molar refractivity (Wildman–Crippen MR) is 82.8 cm³/mol. The van der Waals surface area contributed by atoms with Crippen molar-refractivity contribution in [2.75, 3.05) is 19.5 Å². The lowest BCUT2D eigenvalue weighted by Crippen LogP contribution is -2.13. The lowest BCUT2D eigenvalue weighted by Gasteiger charge is -2.08. The molecule has 0 aliphatic carbocycles. The zero-order chi connectivity index (χ0) is 16.2. The Morgan fingerprint density at radius 3 is 2.87 bits per heavy atom. The summed E-state index contributed by atoms with van der Waals surface area (Å²) in [4.78, 5) is 16.4. The Hall–Kier alpha value is -3.01. The molecule has 0 spiro atoms. The number of benzene rings is 1. The molecule has 0 atom stereocenters. The number of nitrogens with zero attached hydrogens (tertiary/aromatic N) is 4. The fourth-order valence-corrected chi connectivity index (χ4v) is 2.69. The zero-order valence-corrected chi connectivity index (χ0v) is 13.0. The van der Waals surface area contributed by atoms with Gasteiger partial charge in [-0.3, -0.25) is 10.1 Å². The number of anilines is 1. The van der Waals surface area contributed by atoms with Crippen molar-refractivity contribution in [3.63, 3.8) is 0 Å². The second-order valence-corrected chi connectivity index (χ2v) is 5.15. The molecule has 2 aromatic heterocycles. The summed E-state index contributed by atoms with van der Waals surface area (Å²) >= 11 is 1.33. The molecule has 0 saturated heterocycles. The van der Waals surface area contributed by atoms with Crippen LogP contribution in [0.1, 0.15) is 10.5 Å². The highest BCUT2D eigenvalue weighted by molar-refractivity contribution is 7.13. The second kappa shape index (κ2) is 6.40. The molecule has 3 aromatic rings. The summed E-state index contributed by atoms with van der Waals surface area (Å²) in [5, 5.41) is 17.7. The first-order valence-electron chi connectivity index (χ1n) is 6.44. The summed E-state index contributed by atoms with van der Waals surface area (Å²) in [6.07, 6.45) is 0. The summed E-state index contributed by atoms with van der Waals surface area (Å²) in [7, 11) is 3.15. The number of aromatic nitrogens is 5. The quantitative estimate of drug-likeness (QED) is 0.729. The van der Waals surface area contributed by atoms with E-state index in [0.29, 0.717) is 16.5 Å². The second-order valence-electron chi connectivity index (χ2n) is 4.29. The third-order valence-corrected chi connectivity index (χ3v) is 3.82. The molecule has 1 amide bonds. The molecule has 0 aliphatic rings. The molecule has 0 radical (unpaired) electrons. The number of carbonyl (C=O) groups excluding carboxylic acids is 1. The van der Waals surface area contributed by atoms with Crippen molar-refractivity contribution >= 4 is 23.2 Å². The van der Waals surface area contributed by atoms with Crippen molar-refractivity contribution < 1.29 is 14.3 Å². The highest BCUT2D eigenvalue weighted by Gasteiger charge is 2.16. The molecule has 2 heterocycles. The maximum Gasteiger partial charge on any atom is 0.277 e. The van der Waals surface area contributed by atoms with E-state index in [1.165, 1.54) is 11.3 Å². The molecule has 0 fully saturated rings. The van der Waals surface area contributed by atoms with E-state index in [1.807, 2.05) is 6.07 Å². The number of ether oxygens (including phenoxy) is 2. The molecule has 2 N–H and O–H groups in total. The fraction of sp³-hybridized carbons (Fsp3) is 0.154. The van der Waals surface area contributed by atoms with Crippen molar-refractivity contribution in [3.8, 4) is 22.1 Å². The first-order chi connectivity index (χ1) is 11.2. The van der Waals surface area contributed by atoms with Gasteiger partial charge in [-0.15, -0.1) is 16.4 Å². The lowest BCUT2D eigenvalue weighted by molar-refractivity contribution is 0.102. The van der Waals surface area contributed by atoms with Crippen LogP contribution < -0.4 is 14.8 Å². The van der Waals surface area contributed by atoms with Crippen LogP contribution in [0.15, 0.2) is 23.6 Å². The standard InChI is InChI=1S/C13H12N6O3S/c1-21-7-3-4-8(10(5-7)22-2)12-14-9(6-23-12)11(20)15-13-16-18-19-17-13/h3-6H,1-2H3,(H2,15,16,17,18,19,20). The van der Waals surface area contributed by atoms with Crippen LogP contribution in [0.2, 0.25) is 0 Å². The van der Waals surface area contributed by atoms with Gasteiger partial charge in [0, 0.05) is 11.4 Å². The summed E-state index contributed by atoms with van der Waals surface area (Å²) in [5.41, 5.74) is 1.03. The smallest absolute Gasteiger partial charge is 0.277 e. The number of H-pyrrole nitrogens is 1. The predicted octanol–water partition coefficient (Wildman–Crippen LogP) is 1.59. The lowest BCUT2D eigenvalue weighted by atomic mass is 10.2. The van der Waals surface area contributed by atoms with Crippen LogP contribution in [-0.4, -0.2) is 45.7 Å². The Labute approximate surface area is 134 Å². The van der Waals surface area contributed by atoms with Crippen LogP contribution in [-0.2, 0) is 0 Å². The van der Waals surface area contributed by atoms with E-state index in [4.69, 9.17) is 9.47 Å². The number of methoxy groups -OCH3 is 2. The fourth-order valence-electron chi connectivity index (χ4n) is 1.86. The minimum absolute atomic E-state index is 0.0894. The van der Waals surface area contributed by atoms with Crippen LogP contribution in [0, 0.1) is 0 Å². The van der Waals surface area contributed by atoms with E-state index in [2.05, 4.69) is 30.9 Å². The zero-order valence-electron chi connectivity index (χ0n) is 12.2. The van der Waals surface area contributed by atoms with E-state index in [9.17, 15) is 4.79 Å². The maximum absolute atomic E-state index is 12.1. The molecule has 9 nitrogen and oxygen atoms in total. The Kier molecular flexibility index (Phi) is 4.15. The van der Waals surface area contributed by atoms with Gasteiger partial charge >= 0.3 is 0 Å². The van der Waals surface area contributed by atoms with Crippen LogP contribution in [0.25, 0.3) is 10.6 Å². The molecule has 0 saturated carbocycles. The molecule has 10 heteroatoms. The Morgan fingerprint density at radius 2 is 2.17 bits per heavy atom. The number of hydrogen-bond donors (Lipinski definition) is 2. The van der Waals surface area contributed by atoms with Gasteiger partial charge in [-0.05, 0) is 17.3 Å². The van der Waals surface area contributed by atoms with Crippen LogP contribution in [0.5, 0.6) is 11.5 Å². The third-order valence-electron chi connectivity index (χ3n) is 2.95. The number of amides is 1. The minimum Gasteiger partial charge on any atom is -0.497 e. The number of thiazole rings is 1. The van der Waals surface area contributed by atoms with E-state index >= 15 is 0 Å². The van der Waals surface area contributed by atoms with Gasteiger partial charge < -0.3 is 9.47 Å². The number of rotatable bonds is 5. The maximum atomic E-state index is 12.1. The monoisotopic (exact) mass is 332 g/mol. The van der Waals surface area contributed by atoms with Crippen LogP contribution >= 0.6 is 11.3 Å². The van der Waals surface area contributed by atoms with E-state index < -0.39 is 5.91 Å². The number of carbonyl (C=O) groups is 1. The van der Waals surface area contributed by atoms with Crippen LogP contribution in [0.4, 0.5) is 5.95 Å². The van der Waals surface area contributed by atoms with Crippen LogP contribution in [0.3, 0.4) is 0 Å². The summed E-state index contributed by atoms with van der Waals surface area (Å²) in [5.74, 6) is 0.967. The molecule has 1 aromatic carbocycles. The first-order valence-corrected chi connectivity index (χ1v) is 7.32. The van der Waals surface area contributed by atoms with E-state index in [0.717, 1.165) is 5.56 Å². The summed E-state index contributed by atoms with van der Waals surface area (Å²) < 4.78 is 10.5. The molecule has 0 bridgehead atoms. The van der Waals surface area contributed by atoms with Crippen molar-refractivity contribution in [2.45, 2.75) is 0 Å². The molecule has 23 heavy (non-hydrogen) atoms. The average Bonchev–Trinajstić information content (AvgIpc) is 3.25. The van der Waals surface area contributed by atoms with Gasteiger partial charge in [-0.1, -0.05) is 5.10 Å². The van der Waals surface area contributed by atoms with Crippen molar-refractivity contribution in [1.29, 1.82) is 0 Å². The van der Waals surface area contributed by atoms with Gasteiger partial charge in [0.1, 0.15) is 22.2 Å². The normalized spacial score (nSPS) is 10.3. The molecule has 3 rings (SSSR count). The van der Waals surface area contributed by atoms with Crippen molar-refractivity contribution in [3.05, 3.63) is 29.3 Å². The largest absolute Gasteiger partial charge is 0.497 e. The third kappa shape index (κ3) is 3.11. The molecule has 0 unspecified atom stereocenters. The van der Waals surface area contributed by atoms with E-state index in [1.54, 1.807) is 31.7 Å². The molecule has 0 aliphatic heterocycles. The SMILES string of the molecule is COc1ccc(-c2nc(C(=O)Nc3nn[nH]n3)cs2)c(OC)c1. The molecular weight excluding hydrogens is 320 g/mol. The van der Waals surface area contributed by atoms with Gasteiger partial charge in [-0.2, -0.15) is 5.21 Å². The highest BCUT2D eigenvalue weighted by atomic mass is 32.1. The van der Waals surface area contributed by atoms with Gasteiger partial charge in [0.25, 0.3) is 11.9 Å². The molecule has 118 valence electrons. The molecular formula is C13H12N6O3S. The van der Waals surface area contributed by atoms with Crippen molar-refractivity contribution in [2.24, 2.45) is 0 Å². The highest BCUT2D eigenvalue weighted by Crippen LogP contribution is 2.35. The number of aromatic amines is 1. The topological polar surface area (TPSA) is 115 Å². The Balaban J connectivity index is 1.85. The summed E-state index contributed by atoms with van der Waals surface area (Å²) in [6.45, 7) is 0. The Bertz CT molecular complexity index is 817. The van der Waals surface area contributed by atoms with Crippen molar-refractivity contribution in [1.82, 2.24) is 25.6 Å². The Morgan fingerprint density at radius 1 is 1.30 bits per heavy atom. The van der Waals surface area contributed by atoms with Gasteiger partial charge in [0.2, 0.25) is 0 Å². The minimum atomic E-state index is -0.415. The number of nitrogens with one attached hydrogen (secondary N) is 2. The van der Waals surface area contributed by atoms with Gasteiger partial charge in [-0.25, -0.2) is 4.98 Å². The number of tetrazole rings is 1. The average molecular weight is 332 g/mol. The van der Waals surface area contributed by atoms with Gasteiger partial charge in [0.15, 0.2) is 0 Å². The van der Waals surface area contributed by atoms with Gasteiger partial charge in [0.05, 0.1) is 19.8 Å². The van der Waals surface area contributed by atoms with E-state index in [-0.39, 0.29) is 11.6 Å². The summed E-state index contributed by atoms with van der Waals surface area (Å²) in [6, 6.07) is 5.39. The first kappa shape index (κ1) is 14.9. The number of hydrogen-bond acceptors (Lipinski definition) is 8.